The Labute approximate surface area is 95.7 Å². The molecule has 1 aliphatic rings. The fraction of sp³-hybridized carbons (Fsp3) is 0.200. The molecule has 3 nitrogen and oxygen atoms in total. The van der Waals surface area contributed by atoms with Crippen LogP contribution < -0.4 is 5.73 Å². The fourth-order valence-electron chi connectivity index (χ4n) is 1.72. The molecule has 0 atom stereocenters. The summed E-state index contributed by atoms with van der Waals surface area (Å²) >= 11 is 0. The van der Waals surface area contributed by atoms with Crippen molar-refractivity contribution in [3.63, 3.8) is 0 Å². The molecule has 1 aromatic carbocycles. The monoisotopic (exact) mass is 263 g/mol. The average molecular weight is 263 g/mol. The standard InChI is InChI=1S/C10H8F3NO2S/c11-10(12,13)8-2-1-3-9-7(8)4-6(5-14)17(9,15)16/h1-4H,5,14H2. The van der Waals surface area contributed by atoms with Crippen molar-refractivity contribution in [1.82, 2.24) is 0 Å². The van der Waals surface area contributed by atoms with E-state index in [1.54, 1.807) is 0 Å². The molecular weight excluding hydrogens is 255 g/mol. The fourth-order valence-corrected chi connectivity index (χ4v) is 3.21. The third kappa shape index (κ3) is 1.75. The number of hydrogen-bond acceptors (Lipinski definition) is 3. The Morgan fingerprint density at radius 2 is 1.88 bits per heavy atom. The largest absolute Gasteiger partial charge is 0.417 e. The van der Waals surface area contributed by atoms with E-state index in [0.29, 0.717) is 0 Å². The third-order valence-electron chi connectivity index (χ3n) is 2.51. The van der Waals surface area contributed by atoms with E-state index in [9.17, 15) is 21.6 Å². The van der Waals surface area contributed by atoms with Gasteiger partial charge in [-0.15, -0.1) is 0 Å². The van der Waals surface area contributed by atoms with Crippen LogP contribution in [0.5, 0.6) is 0 Å². The first kappa shape index (κ1) is 12.1. The van der Waals surface area contributed by atoms with Gasteiger partial charge in [-0.05, 0) is 18.2 Å². The van der Waals surface area contributed by atoms with Gasteiger partial charge in [0.05, 0.1) is 15.4 Å². The quantitative estimate of drug-likeness (QED) is 0.840. The number of rotatable bonds is 1. The molecule has 0 unspecified atom stereocenters. The molecule has 1 aliphatic heterocycles. The van der Waals surface area contributed by atoms with Crippen molar-refractivity contribution < 1.29 is 21.6 Å². The molecule has 2 rings (SSSR count). The SMILES string of the molecule is NCC1=Cc2c(C(F)(F)F)cccc2S1(=O)=O. The van der Waals surface area contributed by atoms with Crippen LogP contribution in [0, 0.1) is 0 Å². The highest BCUT2D eigenvalue weighted by atomic mass is 32.2. The molecule has 0 saturated carbocycles. The van der Waals surface area contributed by atoms with E-state index in [4.69, 9.17) is 5.73 Å². The lowest BCUT2D eigenvalue weighted by atomic mass is 10.1. The molecule has 0 spiro atoms. The molecule has 0 aromatic heterocycles. The van der Waals surface area contributed by atoms with E-state index in [0.717, 1.165) is 24.3 Å². The zero-order valence-electron chi connectivity index (χ0n) is 8.45. The predicted molar refractivity (Wildman–Crippen MR) is 55.7 cm³/mol. The normalized spacial score (nSPS) is 17.8. The molecule has 0 amide bonds. The van der Waals surface area contributed by atoms with Gasteiger partial charge in [0.2, 0.25) is 9.84 Å². The van der Waals surface area contributed by atoms with Gasteiger partial charge >= 0.3 is 6.18 Å². The van der Waals surface area contributed by atoms with Crippen LogP contribution in [0.25, 0.3) is 6.08 Å². The van der Waals surface area contributed by atoms with Gasteiger partial charge in [0.1, 0.15) is 0 Å². The number of benzene rings is 1. The lowest BCUT2D eigenvalue weighted by Crippen LogP contribution is -2.11. The van der Waals surface area contributed by atoms with Gasteiger partial charge in [-0.2, -0.15) is 13.2 Å². The van der Waals surface area contributed by atoms with Crippen LogP contribution in [0.4, 0.5) is 13.2 Å². The van der Waals surface area contributed by atoms with E-state index < -0.39 is 21.6 Å². The smallest absolute Gasteiger partial charge is 0.326 e. The maximum absolute atomic E-state index is 12.7. The van der Waals surface area contributed by atoms with Gasteiger partial charge in [-0.25, -0.2) is 8.42 Å². The highest BCUT2D eigenvalue weighted by molar-refractivity contribution is 7.95. The van der Waals surface area contributed by atoms with E-state index in [2.05, 4.69) is 0 Å². The Morgan fingerprint density at radius 3 is 2.41 bits per heavy atom. The van der Waals surface area contributed by atoms with Crippen LogP contribution in [0.3, 0.4) is 0 Å². The zero-order chi connectivity index (χ0) is 12.8. The molecule has 17 heavy (non-hydrogen) atoms. The topological polar surface area (TPSA) is 60.2 Å². The summed E-state index contributed by atoms with van der Waals surface area (Å²) in [6.07, 6.45) is -3.59. The van der Waals surface area contributed by atoms with Crippen molar-refractivity contribution in [2.24, 2.45) is 5.73 Å². The first-order chi connectivity index (χ1) is 7.78. The van der Waals surface area contributed by atoms with Crippen LogP contribution in [-0.4, -0.2) is 15.0 Å². The van der Waals surface area contributed by atoms with Gasteiger partial charge < -0.3 is 5.73 Å². The van der Waals surface area contributed by atoms with Crippen molar-refractivity contribution >= 4 is 15.9 Å². The summed E-state index contributed by atoms with van der Waals surface area (Å²) in [7, 11) is -3.84. The summed E-state index contributed by atoms with van der Waals surface area (Å²) in [6, 6.07) is 3.08. The molecule has 7 heteroatoms. The molecule has 0 radical (unpaired) electrons. The van der Waals surface area contributed by atoms with E-state index >= 15 is 0 Å². The number of alkyl halides is 3. The summed E-state index contributed by atoms with van der Waals surface area (Å²) in [4.78, 5) is -0.517. The molecule has 2 N–H and O–H groups in total. The number of fused-ring (bicyclic) bond motifs is 1. The number of nitrogens with two attached hydrogens (primary N) is 1. The van der Waals surface area contributed by atoms with Gasteiger partial charge in [-0.1, -0.05) is 6.07 Å². The lowest BCUT2D eigenvalue weighted by molar-refractivity contribution is -0.137. The van der Waals surface area contributed by atoms with Crippen LogP contribution in [0.2, 0.25) is 0 Å². The molecule has 0 bridgehead atoms. The summed E-state index contributed by atoms with van der Waals surface area (Å²) in [5.74, 6) is 0. The second kappa shape index (κ2) is 3.58. The van der Waals surface area contributed by atoms with Crippen LogP contribution in [-0.2, 0) is 16.0 Å². The summed E-state index contributed by atoms with van der Waals surface area (Å²) in [5, 5.41) is 0. The van der Waals surface area contributed by atoms with Crippen molar-refractivity contribution in [1.29, 1.82) is 0 Å². The van der Waals surface area contributed by atoms with Gasteiger partial charge in [0.25, 0.3) is 0 Å². The first-order valence-electron chi connectivity index (χ1n) is 4.64. The Bertz CT molecular complexity index is 602. The molecule has 92 valence electrons. The highest BCUT2D eigenvalue weighted by Gasteiger charge is 2.38. The van der Waals surface area contributed by atoms with Gasteiger partial charge in [0, 0.05) is 12.1 Å². The Kier molecular flexibility index (Phi) is 2.55. The summed E-state index contributed by atoms with van der Waals surface area (Å²) in [5.41, 5.74) is 3.94. The minimum Gasteiger partial charge on any atom is -0.326 e. The van der Waals surface area contributed by atoms with Crippen LogP contribution in [0.15, 0.2) is 28.0 Å². The Hall–Kier alpha value is -1.34. The molecule has 0 aliphatic carbocycles. The summed E-state index contributed by atoms with van der Waals surface area (Å²) in [6.45, 7) is -0.311. The van der Waals surface area contributed by atoms with Gasteiger partial charge in [-0.3, -0.25) is 0 Å². The van der Waals surface area contributed by atoms with E-state index in [1.165, 1.54) is 0 Å². The average Bonchev–Trinajstić information content (AvgIpc) is 2.48. The molecule has 1 aromatic rings. The van der Waals surface area contributed by atoms with Crippen molar-refractivity contribution in [3.8, 4) is 0 Å². The van der Waals surface area contributed by atoms with Crippen molar-refractivity contribution in [2.75, 3.05) is 6.54 Å². The second-order valence-electron chi connectivity index (χ2n) is 3.53. The Balaban J connectivity index is 2.76. The Morgan fingerprint density at radius 1 is 1.24 bits per heavy atom. The second-order valence-corrected chi connectivity index (χ2v) is 5.50. The zero-order valence-corrected chi connectivity index (χ0v) is 9.27. The first-order valence-corrected chi connectivity index (χ1v) is 6.12. The number of sulfone groups is 1. The van der Waals surface area contributed by atoms with E-state index in [-0.39, 0.29) is 21.9 Å². The minimum atomic E-state index is -4.58. The third-order valence-corrected chi connectivity index (χ3v) is 4.42. The number of hydrogen-bond donors (Lipinski definition) is 1. The molecule has 0 saturated heterocycles. The highest BCUT2D eigenvalue weighted by Crippen LogP contribution is 2.40. The lowest BCUT2D eigenvalue weighted by Gasteiger charge is -2.10. The van der Waals surface area contributed by atoms with Crippen LogP contribution in [0.1, 0.15) is 11.1 Å². The maximum atomic E-state index is 12.7. The van der Waals surface area contributed by atoms with Gasteiger partial charge in [0.15, 0.2) is 0 Å². The maximum Gasteiger partial charge on any atom is 0.417 e. The van der Waals surface area contributed by atoms with Crippen molar-refractivity contribution in [3.05, 3.63) is 34.2 Å². The predicted octanol–water partition coefficient (Wildman–Crippen LogP) is 1.79. The molecule has 0 fully saturated rings. The molecule has 1 heterocycles. The van der Waals surface area contributed by atoms with Crippen molar-refractivity contribution in [2.45, 2.75) is 11.1 Å². The van der Waals surface area contributed by atoms with E-state index in [1.807, 2.05) is 0 Å². The van der Waals surface area contributed by atoms with Crippen LogP contribution >= 0.6 is 0 Å². The summed E-state index contributed by atoms with van der Waals surface area (Å²) < 4.78 is 61.6. The number of halogens is 3. The molecular formula is C10H8F3NO2S. The minimum absolute atomic E-state index is 0.191.